The molecule has 0 saturated heterocycles. The average Bonchev–Trinajstić information content (AvgIpc) is 3.11. The molecule has 2 aromatic rings. The van der Waals surface area contributed by atoms with Crippen LogP contribution in [-0.2, 0) is 10.2 Å². The zero-order valence-corrected chi connectivity index (χ0v) is 10.4. The lowest BCUT2D eigenvalue weighted by atomic mass is 10.0. The Balaban J connectivity index is 1.90. The Hall–Kier alpha value is -2.30. The van der Waals surface area contributed by atoms with Gasteiger partial charge in [-0.2, -0.15) is 0 Å². The number of hydrogen-bond acceptors (Lipinski definition) is 4. The van der Waals surface area contributed by atoms with E-state index in [-0.39, 0.29) is 0 Å². The topological polar surface area (TPSA) is 72.6 Å². The molecular weight excluding hydrogens is 246 g/mol. The molecule has 0 aliphatic heterocycles. The number of carbonyl (C=O) groups is 1. The molecule has 0 atom stereocenters. The van der Waals surface area contributed by atoms with Gasteiger partial charge in [-0.1, -0.05) is 0 Å². The molecule has 1 aliphatic carbocycles. The molecule has 0 unspecified atom stereocenters. The third-order valence-electron chi connectivity index (χ3n) is 3.49. The van der Waals surface area contributed by atoms with Crippen LogP contribution in [0.4, 0.5) is 0 Å². The molecule has 1 N–H and O–H groups in total. The van der Waals surface area contributed by atoms with Crippen LogP contribution in [0.1, 0.15) is 18.5 Å². The summed E-state index contributed by atoms with van der Waals surface area (Å²) in [7, 11) is 1.60. The quantitative estimate of drug-likeness (QED) is 0.913. The minimum Gasteiger partial charge on any atom is -0.497 e. The number of carboxylic acid groups (broad SMARTS) is 1. The number of benzene rings is 1. The second-order valence-electron chi connectivity index (χ2n) is 4.65. The Morgan fingerprint density at radius 3 is 2.58 bits per heavy atom. The van der Waals surface area contributed by atoms with Crippen molar-refractivity contribution >= 4 is 5.97 Å². The predicted molar refractivity (Wildman–Crippen MR) is 67.0 cm³/mol. The average molecular weight is 259 g/mol. The maximum Gasteiger partial charge on any atom is 0.315 e. The molecule has 1 saturated carbocycles. The fourth-order valence-corrected chi connectivity index (χ4v) is 2.06. The summed E-state index contributed by atoms with van der Waals surface area (Å²) in [5, 5.41) is 9.21. The van der Waals surface area contributed by atoms with Crippen LogP contribution in [0.15, 0.2) is 34.9 Å². The molecule has 0 bridgehead atoms. The lowest BCUT2D eigenvalue weighted by molar-refractivity contribution is -0.140. The summed E-state index contributed by atoms with van der Waals surface area (Å²) in [6.45, 7) is 0. The molecular formula is C14H13NO4. The van der Waals surface area contributed by atoms with E-state index in [1.165, 1.54) is 6.26 Å². The van der Waals surface area contributed by atoms with E-state index in [4.69, 9.17) is 9.15 Å². The second-order valence-corrected chi connectivity index (χ2v) is 4.65. The highest BCUT2D eigenvalue weighted by atomic mass is 16.5. The number of carboxylic acids is 1. The van der Waals surface area contributed by atoms with Crippen molar-refractivity contribution in [3.05, 3.63) is 36.2 Å². The number of ether oxygens (including phenoxy) is 1. The van der Waals surface area contributed by atoms with Gasteiger partial charge in [0.1, 0.15) is 17.4 Å². The van der Waals surface area contributed by atoms with Crippen molar-refractivity contribution in [2.24, 2.45) is 0 Å². The number of aliphatic carboxylic acids is 1. The fraction of sp³-hybridized carbons (Fsp3) is 0.286. The lowest BCUT2D eigenvalue weighted by Gasteiger charge is -2.03. The Morgan fingerprint density at radius 2 is 2.05 bits per heavy atom. The summed E-state index contributed by atoms with van der Waals surface area (Å²) < 4.78 is 10.5. The van der Waals surface area contributed by atoms with Crippen LogP contribution in [-0.4, -0.2) is 23.2 Å². The minimum absolute atomic E-state index is 0.435. The third-order valence-corrected chi connectivity index (χ3v) is 3.49. The highest BCUT2D eigenvalue weighted by Crippen LogP contribution is 2.48. The van der Waals surface area contributed by atoms with Crippen molar-refractivity contribution in [2.75, 3.05) is 7.11 Å². The summed E-state index contributed by atoms with van der Waals surface area (Å²) in [6, 6.07) is 7.27. The van der Waals surface area contributed by atoms with Crippen molar-refractivity contribution in [1.82, 2.24) is 4.98 Å². The predicted octanol–water partition coefficient (Wildman–Crippen LogP) is 2.47. The van der Waals surface area contributed by atoms with Crippen molar-refractivity contribution in [3.63, 3.8) is 0 Å². The highest BCUT2D eigenvalue weighted by molar-refractivity contribution is 5.84. The molecule has 1 aliphatic rings. The summed E-state index contributed by atoms with van der Waals surface area (Å²) >= 11 is 0. The molecule has 19 heavy (non-hydrogen) atoms. The molecule has 5 nitrogen and oxygen atoms in total. The summed E-state index contributed by atoms with van der Waals surface area (Å²) in [5.41, 5.74) is 0.480. The monoisotopic (exact) mass is 259 g/mol. The van der Waals surface area contributed by atoms with Crippen molar-refractivity contribution < 1.29 is 19.1 Å². The number of hydrogen-bond donors (Lipinski definition) is 1. The van der Waals surface area contributed by atoms with Crippen LogP contribution >= 0.6 is 0 Å². The van der Waals surface area contributed by atoms with Crippen molar-refractivity contribution in [2.45, 2.75) is 18.3 Å². The molecule has 1 heterocycles. The van der Waals surface area contributed by atoms with Gasteiger partial charge in [0.25, 0.3) is 0 Å². The van der Waals surface area contributed by atoms with Gasteiger partial charge in [0.05, 0.1) is 12.8 Å². The van der Waals surface area contributed by atoms with Gasteiger partial charge in [-0.05, 0) is 37.1 Å². The molecule has 1 aromatic carbocycles. The first-order valence-corrected chi connectivity index (χ1v) is 5.99. The van der Waals surface area contributed by atoms with Gasteiger partial charge < -0.3 is 14.3 Å². The van der Waals surface area contributed by atoms with Crippen LogP contribution in [0.3, 0.4) is 0 Å². The lowest BCUT2D eigenvalue weighted by Crippen LogP contribution is -2.19. The van der Waals surface area contributed by atoms with E-state index >= 15 is 0 Å². The number of methoxy groups -OCH3 is 1. The number of oxazole rings is 1. The normalized spacial score (nSPS) is 16.1. The minimum atomic E-state index is -0.831. The van der Waals surface area contributed by atoms with E-state index in [9.17, 15) is 9.90 Å². The second kappa shape index (κ2) is 4.12. The van der Waals surface area contributed by atoms with Gasteiger partial charge in [0.15, 0.2) is 0 Å². The summed E-state index contributed by atoms with van der Waals surface area (Å²) in [5.74, 6) is 0.354. The number of aromatic nitrogens is 1. The van der Waals surface area contributed by atoms with E-state index in [0.29, 0.717) is 24.4 Å². The van der Waals surface area contributed by atoms with Gasteiger partial charge in [-0.15, -0.1) is 0 Å². The zero-order chi connectivity index (χ0) is 13.5. The van der Waals surface area contributed by atoms with Crippen molar-refractivity contribution in [3.8, 4) is 17.2 Å². The molecule has 1 fully saturated rings. The van der Waals surface area contributed by atoms with Crippen molar-refractivity contribution in [1.29, 1.82) is 0 Å². The van der Waals surface area contributed by atoms with Crippen LogP contribution in [0.5, 0.6) is 5.75 Å². The van der Waals surface area contributed by atoms with E-state index < -0.39 is 11.4 Å². The Labute approximate surface area is 109 Å². The van der Waals surface area contributed by atoms with Gasteiger partial charge in [-0.25, -0.2) is 4.98 Å². The van der Waals surface area contributed by atoms with Crippen LogP contribution in [0, 0.1) is 0 Å². The van der Waals surface area contributed by atoms with E-state index in [1.807, 2.05) is 24.3 Å². The number of nitrogens with zero attached hydrogens (tertiary/aromatic N) is 1. The Bertz CT molecular complexity index is 611. The standard InChI is InChI=1S/C14H13NO4/c1-18-10-4-2-9(3-5-10)12-15-11(8-19-12)14(6-7-14)13(16)17/h2-5,8H,6-7H2,1H3,(H,16,17). The first kappa shape index (κ1) is 11.8. The third kappa shape index (κ3) is 1.87. The Kier molecular flexibility index (Phi) is 2.55. The molecule has 1 aromatic heterocycles. The van der Waals surface area contributed by atoms with Crippen LogP contribution in [0.2, 0.25) is 0 Å². The molecule has 0 radical (unpaired) electrons. The molecule has 3 rings (SSSR count). The maximum atomic E-state index is 11.2. The maximum absolute atomic E-state index is 11.2. The van der Waals surface area contributed by atoms with Crippen LogP contribution < -0.4 is 4.74 Å². The van der Waals surface area contributed by atoms with E-state index in [1.54, 1.807) is 7.11 Å². The molecule has 5 heteroatoms. The van der Waals surface area contributed by atoms with Gasteiger partial charge in [0, 0.05) is 5.56 Å². The molecule has 98 valence electrons. The molecule has 0 spiro atoms. The smallest absolute Gasteiger partial charge is 0.315 e. The largest absolute Gasteiger partial charge is 0.497 e. The summed E-state index contributed by atoms with van der Waals surface area (Å²) in [4.78, 5) is 15.5. The first-order chi connectivity index (χ1) is 9.15. The number of rotatable bonds is 4. The van der Waals surface area contributed by atoms with E-state index in [2.05, 4.69) is 4.98 Å². The van der Waals surface area contributed by atoms with Gasteiger partial charge in [-0.3, -0.25) is 4.79 Å². The zero-order valence-electron chi connectivity index (χ0n) is 10.4. The van der Waals surface area contributed by atoms with Crippen LogP contribution in [0.25, 0.3) is 11.5 Å². The SMILES string of the molecule is COc1ccc(-c2nc(C3(C(=O)O)CC3)co2)cc1. The van der Waals surface area contributed by atoms with Gasteiger partial charge >= 0.3 is 5.97 Å². The highest BCUT2D eigenvalue weighted by Gasteiger charge is 2.54. The fourth-order valence-electron chi connectivity index (χ4n) is 2.06. The Morgan fingerprint density at radius 1 is 1.37 bits per heavy atom. The first-order valence-electron chi connectivity index (χ1n) is 5.99. The molecule has 0 amide bonds. The summed E-state index contributed by atoms with van der Waals surface area (Å²) in [6.07, 6.45) is 2.69. The van der Waals surface area contributed by atoms with Gasteiger partial charge in [0.2, 0.25) is 5.89 Å². The van der Waals surface area contributed by atoms with E-state index in [0.717, 1.165) is 11.3 Å².